The largest absolute Gasteiger partial charge is 0.395 e. The molecule has 0 spiro atoms. The van der Waals surface area contributed by atoms with E-state index in [1.807, 2.05) is 13.0 Å². The van der Waals surface area contributed by atoms with Crippen molar-refractivity contribution in [2.45, 2.75) is 31.8 Å². The molecular weight excluding hydrogens is 233 g/mol. The van der Waals surface area contributed by atoms with Gasteiger partial charge in [-0.25, -0.2) is 4.39 Å². The van der Waals surface area contributed by atoms with Crippen LogP contribution in [-0.2, 0) is 4.74 Å². The van der Waals surface area contributed by atoms with E-state index >= 15 is 0 Å². The van der Waals surface area contributed by atoms with Gasteiger partial charge >= 0.3 is 0 Å². The predicted molar refractivity (Wildman–Crippen MR) is 69.9 cm³/mol. The van der Waals surface area contributed by atoms with Gasteiger partial charge in [0, 0.05) is 31.4 Å². The van der Waals surface area contributed by atoms with Crippen LogP contribution in [0.2, 0.25) is 0 Å². The number of aliphatic hydroxyl groups is 1. The number of benzene rings is 1. The van der Waals surface area contributed by atoms with Crippen LogP contribution in [0.4, 0.5) is 4.39 Å². The van der Waals surface area contributed by atoms with Gasteiger partial charge in [0.1, 0.15) is 5.82 Å². The number of nitrogens with one attached hydrogen (secondary N) is 1. The normalized spacial score (nSPS) is 14.4. The number of aliphatic hydroxyl groups excluding tert-OH is 1. The average molecular weight is 255 g/mol. The molecule has 18 heavy (non-hydrogen) atoms. The van der Waals surface area contributed by atoms with Crippen molar-refractivity contribution in [2.75, 3.05) is 20.3 Å². The monoisotopic (exact) mass is 255 g/mol. The van der Waals surface area contributed by atoms with Crippen LogP contribution in [0, 0.1) is 5.82 Å². The standard InChI is InChI=1S/C14H22FNO2/c1-3-14(12-6-4-5-7-13(12)15)16-11(10-17)8-9-18-2/h4-7,11,14,16-17H,3,8-10H2,1-2H3. The SMILES string of the molecule is CCC(NC(CO)CCOC)c1ccccc1F. The Kier molecular flexibility index (Phi) is 6.86. The highest BCUT2D eigenvalue weighted by Crippen LogP contribution is 2.20. The molecule has 0 radical (unpaired) electrons. The first-order chi connectivity index (χ1) is 8.72. The number of hydrogen-bond acceptors (Lipinski definition) is 3. The molecule has 0 fully saturated rings. The minimum atomic E-state index is -0.208. The second kappa shape index (κ2) is 8.19. The molecule has 0 aliphatic heterocycles. The first-order valence-corrected chi connectivity index (χ1v) is 6.33. The van der Waals surface area contributed by atoms with Crippen LogP contribution in [0.3, 0.4) is 0 Å². The van der Waals surface area contributed by atoms with Gasteiger partial charge in [-0.3, -0.25) is 0 Å². The number of hydrogen-bond donors (Lipinski definition) is 2. The summed E-state index contributed by atoms with van der Waals surface area (Å²) >= 11 is 0. The van der Waals surface area contributed by atoms with E-state index in [0.29, 0.717) is 18.6 Å². The maximum Gasteiger partial charge on any atom is 0.127 e. The summed E-state index contributed by atoms with van der Waals surface area (Å²) in [5.74, 6) is -0.208. The van der Waals surface area contributed by atoms with Crippen molar-refractivity contribution in [3.8, 4) is 0 Å². The maximum absolute atomic E-state index is 13.7. The topological polar surface area (TPSA) is 41.5 Å². The zero-order valence-electron chi connectivity index (χ0n) is 11.0. The fourth-order valence-corrected chi connectivity index (χ4v) is 1.96. The van der Waals surface area contributed by atoms with Crippen molar-refractivity contribution in [1.29, 1.82) is 0 Å². The molecule has 2 atom stereocenters. The molecule has 1 rings (SSSR count). The Morgan fingerprint density at radius 3 is 2.67 bits per heavy atom. The highest BCUT2D eigenvalue weighted by Gasteiger charge is 2.17. The third-order valence-corrected chi connectivity index (χ3v) is 3.02. The molecule has 102 valence electrons. The molecule has 0 amide bonds. The summed E-state index contributed by atoms with van der Waals surface area (Å²) in [4.78, 5) is 0. The number of halogens is 1. The van der Waals surface area contributed by atoms with E-state index in [1.165, 1.54) is 6.07 Å². The highest BCUT2D eigenvalue weighted by atomic mass is 19.1. The third-order valence-electron chi connectivity index (χ3n) is 3.02. The number of methoxy groups -OCH3 is 1. The van der Waals surface area contributed by atoms with Gasteiger partial charge in [-0.15, -0.1) is 0 Å². The predicted octanol–water partition coefficient (Wildman–Crippen LogP) is 2.26. The summed E-state index contributed by atoms with van der Waals surface area (Å²) in [5, 5.41) is 12.6. The van der Waals surface area contributed by atoms with E-state index in [1.54, 1.807) is 19.2 Å². The molecule has 0 aromatic heterocycles. The summed E-state index contributed by atoms with van der Waals surface area (Å²) in [6.07, 6.45) is 1.47. The Morgan fingerprint density at radius 2 is 2.11 bits per heavy atom. The van der Waals surface area contributed by atoms with Crippen molar-refractivity contribution in [2.24, 2.45) is 0 Å². The molecule has 3 nitrogen and oxygen atoms in total. The lowest BCUT2D eigenvalue weighted by Crippen LogP contribution is -2.36. The Hall–Kier alpha value is -0.970. The van der Waals surface area contributed by atoms with Gasteiger partial charge in [-0.05, 0) is 18.9 Å². The molecule has 0 heterocycles. The minimum absolute atomic E-state index is 0.0221. The second-order valence-electron chi connectivity index (χ2n) is 4.31. The zero-order chi connectivity index (χ0) is 13.4. The van der Waals surface area contributed by atoms with E-state index in [2.05, 4.69) is 5.32 Å². The second-order valence-corrected chi connectivity index (χ2v) is 4.31. The zero-order valence-corrected chi connectivity index (χ0v) is 11.0. The molecular formula is C14H22FNO2. The van der Waals surface area contributed by atoms with E-state index in [-0.39, 0.29) is 24.5 Å². The lowest BCUT2D eigenvalue weighted by atomic mass is 10.0. The van der Waals surface area contributed by atoms with Crippen LogP contribution in [0.5, 0.6) is 0 Å². The molecule has 4 heteroatoms. The Bertz CT molecular complexity index is 346. The number of rotatable bonds is 8. The van der Waals surface area contributed by atoms with Gasteiger partial charge < -0.3 is 15.2 Å². The van der Waals surface area contributed by atoms with Crippen LogP contribution in [0.15, 0.2) is 24.3 Å². The van der Waals surface area contributed by atoms with Crippen LogP contribution in [0.25, 0.3) is 0 Å². The van der Waals surface area contributed by atoms with E-state index < -0.39 is 0 Å². The average Bonchev–Trinajstić information content (AvgIpc) is 2.40. The molecule has 0 aliphatic rings. The molecule has 0 aliphatic carbocycles. The van der Waals surface area contributed by atoms with Crippen LogP contribution in [0.1, 0.15) is 31.4 Å². The van der Waals surface area contributed by atoms with Gasteiger partial charge in [0.25, 0.3) is 0 Å². The van der Waals surface area contributed by atoms with Crippen LogP contribution < -0.4 is 5.32 Å². The summed E-state index contributed by atoms with van der Waals surface area (Å²) in [5.41, 5.74) is 0.649. The van der Waals surface area contributed by atoms with Gasteiger partial charge in [0.05, 0.1) is 6.61 Å². The smallest absolute Gasteiger partial charge is 0.127 e. The fraction of sp³-hybridized carbons (Fsp3) is 0.571. The quantitative estimate of drug-likeness (QED) is 0.748. The first kappa shape index (κ1) is 15.1. The molecule has 1 aromatic carbocycles. The van der Waals surface area contributed by atoms with Gasteiger partial charge in [-0.2, -0.15) is 0 Å². The summed E-state index contributed by atoms with van der Waals surface area (Å²) in [6.45, 7) is 2.59. The van der Waals surface area contributed by atoms with Crippen molar-refractivity contribution in [3.05, 3.63) is 35.6 Å². The first-order valence-electron chi connectivity index (χ1n) is 6.33. The molecule has 0 saturated carbocycles. The number of ether oxygens (including phenoxy) is 1. The maximum atomic E-state index is 13.7. The molecule has 1 aromatic rings. The summed E-state index contributed by atoms with van der Waals surface area (Å²) in [7, 11) is 1.63. The molecule has 2 unspecified atom stereocenters. The Morgan fingerprint density at radius 1 is 1.39 bits per heavy atom. The van der Waals surface area contributed by atoms with E-state index in [0.717, 1.165) is 6.42 Å². The van der Waals surface area contributed by atoms with Gasteiger partial charge in [-0.1, -0.05) is 25.1 Å². The van der Waals surface area contributed by atoms with Crippen molar-refractivity contribution in [1.82, 2.24) is 5.32 Å². The fourth-order valence-electron chi connectivity index (χ4n) is 1.96. The van der Waals surface area contributed by atoms with Crippen molar-refractivity contribution < 1.29 is 14.2 Å². The highest BCUT2D eigenvalue weighted by molar-refractivity contribution is 5.21. The van der Waals surface area contributed by atoms with Crippen molar-refractivity contribution in [3.63, 3.8) is 0 Å². The van der Waals surface area contributed by atoms with Crippen LogP contribution in [-0.4, -0.2) is 31.5 Å². The summed E-state index contributed by atoms with van der Waals surface area (Å²) < 4.78 is 18.7. The summed E-state index contributed by atoms with van der Waals surface area (Å²) in [6, 6.07) is 6.59. The van der Waals surface area contributed by atoms with Crippen molar-refractivity contribution >= 4 is 0 Å². The lowest BCUT2D eigenvalue weighted by molar-refractivity contribution is 0.154. The van der Waals surface area contributed by atoms with Crippen LogP contribution >= 0.6 is 0 Å². The third kappa shape index (κ3) is 4.37. The minimum Gasteiger partial charge on any atom is -0.395 e. The molecule has 0 saturated heterocycles. The molecule has 0 bridgehead atoms. The Balaban J connectivity index is 2.68. The lowest BCUT2D eigenvalue weighted by Gasteiger charge is -2.24. The van der Waals surface area contributed by atoms with Gasteiger partial charge in [0.2, 0.25) is 0 Å². The van der Waals surface area contributed by atoms with E-state index in [9.17, 15) is 9.50 Å². The molecule has 2 N–H and O–H groups in total. The van der Waals surface area contributed by atoms with Gasteiger partial charge in [0.15, 0.2) is 0 Å². The van der Waals surface area contributed by atoms with E-state index in [4.69, 9.17) is 4.74 Å². The Labute approximate surface area is 108 Å².